The highest BCUT2D eigenvalue weighted by Gasteiger charge is 2.34. The van der Waals surface area contributed by atoms with Gasteiger partial charge in [-0.25, -0.2) is 13.6 Å². The predicted octanol–water partition coefficient (Wildman–Crippen LogP) is -0.165. The number of likely N-dealkylation sites (tertiary alicyclic amines) is 1. The number of rotatable bonds is 2. The van der Waals surface area contributed by atoms with Gasteiger partial charge in [-0.15, -0.1) is 0 Å². The third kappa shape index (κ3) is 3.21. The molecule has 1 amide bonds. The Labute approximate surface area is 108 Å². The van der Waals surface area contributed by atoms with Crippen molar-refractivity contribution >= 4 is 15.9 Å². The molecule has 0 bridgehead atoms. The maximum absolute atomic E-state index is 12.2. The predicted molar refractivity (Wildman–Crippen MR) is 66.3 cm³/mol. The molecule has 0 aliphatic carbocycles. The van der Waals surface area contributed by atoms with Crippen molar-refractivity contribution in [3.05, 3.63) is 0 Å². The largest absolute Gasteiger partial charge is 0.368 e. The number of carbonyl (C=O) groups excluding carboxylic acids is 1. The van der Waals surface area contributed by atoms with E-state index in [-0.39, 0.29) is 12.5 Å². The molecule has 2 saturated heterocycles. The molecule has 6 nitrogen and oxygen atoms in total. The van der Waals surface area contributed by atoms with Gasteiger partial charge in [0.15, 0.2) is 0 Å². The molecule has 0 radical (unpaired) electrons. The van der Waals surface area contributed by atoms with Crippen LogP contribution in [0.25, 0.3) is 0 Å². The van der Waals surface area contributed by atoms with Crippen LogP contribution >= 0.6 is 0 Å². The van der Waals surface area contributed by atoms with Gasteiger partial charge in [0.1, 0.15) is 6.10 Å². The smallest absolute Gasteiger partial charge is 0.251 e. The van der Waals surface area contributed by atoms with Crippen LogP contribution < -0.4 is 5.14 Å². The molecule has 2 aliphatic rings. The van der Waals surface area contributed by atoms with Gasteiger partial charge >= 0.3 is 0 Å². The number of sulfonamides is 1. The van der Waals surface area contributed by atoms with E-state index in [2.05, 4.69) is 0 Å². The van der Waals surface area contributed by atoms with Crippen LogP contribution in [0.15, 0.2) is 0 Å². The van der Waals surface area contributed by atoms with Gasteiger partial charge in [0.05, 0.1) is 5.25 Å². The summed E-state index contributed by atoms with van der Waals surface area (Å²) in [6.07, 6.45) is 3.54. The first-order chi connectivity index (χ1) is 8.48. The molecular weight excluding hydrogens is 256 g/mol. The Kier molecular flexibility index (Phi) is 4.24. The van der Waals surface area contributed by atoms with Crippen LogP contribution in [0, 0.1) is 0 Å². The zero-order valence-electron chi connectivity index (χ0n) is 10.4. The average molecular weight is 276 g/mol. The molecule has 2 N–H and O–H groups in total. The Morgan fingerprint density at radius 2 is 2.00 bits per heavy atom. The van der Waals surface area contributed by atoms with Gasteiger partial charge in [0, 0.05) is 19.7 Å². The first-order valence-electron chi connectivity index (χ1n) is 6.40. The fraction of sp³-hybridized carbons (Fsp3) is 0.909. The van der Waals surface area contributed by atoms with E-state index in [0.29, 0.717) is 26.0 Å². The van der Waals surface area contributed by atoms with Crippen molar-refractivity contribution in [1.82, 2.24) is 4.90 Å². The maximum Gasteiger partial charge on any atom is 0.251 e. The van der Waals surface area contributed by atoms with Crippen LogP contribution in [0.1, 0.15) is 32.1 Å². The third-order valence-corrected chi connectivity index (χ3v) is 4.92. The van der Waals surface area contributed by atoms with Crippen molar-refractivity contribution in [3.63, 3.8) is 0 Å². The second-order valence-electron chi connectivity index (χ2n) is 4.99. The average Bonchev–Trinajstić information content (AvgIpc) is 2.38. The van der Waals surface area contributed by atoms with Crippen molar-refractivity contribution in [1.29, 1.82) is 0 Å². The lowest BCUT2D eigenvalue weighted by molar-refractivity contribution is -0.147. The number of carbonyl (C=O) groups is 1. The summed E-state index contributed by atoms with van der Waals surface area (Å²) in [4.78, 5) is 13.8. The Bertz CT molecular complexity index is 403. The van der Waals surface area contributed by atoms with Crippen LogP contribution in [-0.2, 0) is 19.6 Å². The normalized spacial score (nSPS) is 30.2. The SMILES string of the molecule is NS(=O)(=O)C1CCCN(C(=O)C2CCCCO2)C1. The van der Waals surface area contributed by atoms with Gasteiger partial charge in [0.2, 0.25) is 10.0 Å². The van der Waals surface area contributed by atoms with Crippen LogP contribution in [0.5, 0.6) is 0 Å². The maximum atomic E-state index is 12.2. The molecule has 2 atom stereocenters. The highest BCUT2D eigenvalue weighted by molar-refractivity contribution is 7.89. The molecule has 18 heavy (non-hydrogen) atoms. The number of primary sulfonamides is 1. The van der Waals surface area contributed by atoms with E-state index in [9.17, 15) is 13.2 Å². The third-order valence-electron chi connectivity index (χ3n) is 3.61. The second kappa shape index (κ2) is 5.54. The summed E-state index contributed by atoms with van der Waals surface area (Å²) in [6.45, 7) is 1.42. The molecular formula is C11H20N2O4S. The zero-order valence-corrected chi connectivity index (χ0v) is 11.2. The summed E-state index contributed by atoms with van der Waals surface area (Å²) >= 11 is 0. The topological polar surface area (TPSA) is 89.7 Å². The molecule has 7 heteroatoms. The fourth-order valence-electron chi connectivity index (χ4n) is 2.55. The second-order valence-corrected chi connectivity index (χ2v) is 6.84. The van der Waals surface area contributed by atoms with E-state index in [1.807, 2.05) is 0 Å². The summed E-state index contributed by atoms with van der Waals surface area (Å²) in [5.74, 6) is -0.0805. The van der Waals surface area contributed by atoms with Crippen molar-refractivity contribution in [2.75, 3.05) is 19.7 Å². The lowest BCUT2D eigenvalue weighted by Gasteiger charge is -2.34. The number of nitrogens with two attached hydrogens (primary N) is 1. The van der Waals surface area contributed by atoms with Crippen LogP contribution in [0.4, 0.5) is 0 Å². The Morgan fingerprint density at radius 1 is 1.22 bits per heavy atom. The molecule has 104 valence electrons. The fourth-order valence-corrected chi connectivity index (χ4v) is 3.43. The van der Waals surface area contributed by atoms with Crippen molar-refractivity contribution < 1.29 is 17.9 Å². The summed E-state index contributed by atoms with van der Waals surface area (Å²) in [5, 5.41) is 4.53. The highest BCUT2D eigenvalue weighted by Crippen LogP contribution is 2.20. The summed E-state index contributed by atoms with van der Waals surface area (Å²) < 4.78 is 28.1. The molecule has 0 saturated carbocycles. The van der Waals surface area contributed by atoms with Crippen molar-refractivity contribution in [2.24, 2.45) is 5.14 Å². The van der Waals surface area contributed by atoms with Gasteiger partial charge in [-0.3, -0.25) is 4.79 Å². The van der Waals surface area contributed by atoms with Crippen LogP contribution in [0.2, 0.25) is 0 Å². The number of amides is 1. The number of ether oxygens (including phenoxy) is 1. The molecule has 0 spiro atoms. The Hall–Kier alpha value is -0.660. The Morgan fingerprint density at radius 3 is 2.61 bits per heavy atom. The molecule has 2 rings (SSSR count). The number of nitrogens with zero attached hydrogens (tertiary/aromatic N) is 1. The van der Waals surface area contributed by atoms with Crippen molar-refractivity contribution in [2.45, 2.75) is 43.5 Å². The van der Waals surface area contributed by atoms with E-state index in [1.165, 1.54) is 0 Å². The summed E-state index contributed by atoms with van der Waals surface area (Å²) in [5.41, 5.74) is 0. The van der Waals surface area contributed by atoms with E-state index < -0.39 is 21.4 Å². The molecule has 2 heterocycles. The molecule has 0 aromatic rings. The molecule has 0 aromatic heterocycles. The van der Waals surface area contributed by atoms with Gasteiger partial charge in [-0.2, -0.15) is 0 Å². The lowest BCUT2D eigenvalue weighted by Crippen LogP contribution is -2.50. The van der Waals surface area contributed by atoms with E-state index >= 15 is 0 Å². The van der Waals surface area contributed by atoms with Crippen LogP contribution in [-0.4, -0.2) is 50.3 Å². The first-order valence-corrected chi connectivity index (χ1v) is 8.01. The quantitative estimate of drug-likeness (QED) is 0.758. The summed E-state index contributed by atoms with van der Waals surface area (Å²) in [6, 6.07) is 0. The highest BCUT2D eigenvalue weighted by atomic mass is 32.2. The van der Waals surface area contributed by atoms with E-state index in [4.69, 9.17) is 9.88 Å². The molecule has 0 aromatic carbocycles. The molecule has 2 unspecified atom stereocenters. The summed E-state index contributed by atoms with van der Waals surface area (Å²) in [7, 11) is -3.56. The van der Waals surface area contributed by atoms with Gasteiger partial charge in [-0.05, 0) is 32.1 Å². The minimum absolute atomic E-state index is 0.0805. The number of piperidine rings is 1. The minimum atomic E-state index is -3.56. The Balaban J connectivity index is 1.97. The van der Waals surface area contributed by atoms with Crippen molar-refractivity contribution in [3.8, 4) is 0 Å². The van der Waals surface area contributed by atoms with Gasteiger partial charge in [0.25, 0.3) is 5.91 Å². The van der Waals surface area contributed by atoms with Crippen LogP contribution in [0.3, 0.4) is 0 Å². The number of hydrogen-bond donors (Lipinski definition) is 1. The lowest BCUT2D eigenvalue weighted by atomic mass is 10.1. The van der Waals surface area contributed by atoms with Gasteiger partial charge < -0.3 is 9.64 Å². The zero-order chi connectivity index (χ0) is 13.2. The first kappa shape index (κ1) is 13.8. The minimum Gasteiger partial charge on any atom is -0.368 e. The molecule has 2 fully saturated rings. The molecule has 2 aliphatic heterocycles. The van der Waals surface area contributed by atoms with E-state index in [1.54, 1.807) is 4.90 Å². The van der Waals surface area contributed by atoms with Gasteiger partial charge in [-0.1, -0.05) is 0 Å². The monoisotopic (exact) mass is 276 g/mol. The van der Waals surface area contributed by atoms with E-state index in [0.717, 1.165) is 19.3 Å². The number of hydrogen-bond acceptors (Lipinski definition) is 4. The standard InChI is InChI=1S/C11H20N2O4S/c12-18(15,16)9-4-3-6-13(8-9)11(14)10-5-1-2-7-17-10/h9-10H,1-8H2,(H2,12,15,16).